The molecule has 0 fully saturated rings. The van der Waals surface area contributed by atoms with Gasteiger partial charge in [0.2, 0.25) is 0 Å². The molecule has 0 aliphatic rings. The molecule has 0 radical (unpaired) electrons. The molecule has 0 N–H and O–H groups in total. The number of nitrogens with zero attached hydrogens (tertiary/aromatic N) is 2. The Bertz CT molecular complexity index is 686. The van der Waals surface area contributed by atoms with Gasteiger partial charge in [-0.3, -0.25) is 4.40 Å². The van der Waals surface area contributed by atoms with Crippen LogP contribution in [0.15, 0.2) is 48.7 Å². The van der Waals surface area contributed by atoms with Crippen LogP contribution in [0.1, 0.15) is 5.56 Å². The van der Waals surface area contributed by atoms with Gasteiger partial charge in [0.15, 0.2) is 0 Å². The lowest BCUT2D eigenvalue weighted by Crippen LogP contribution is -1.91. The zero-order chi connectivity index (χ0) is 11.8. The Hall–Kier alpha value is -1.80. The molecule has 3 heteroatoms. The van der Waals surface area contributed by atoms with E-state index in [2.05, 4.69) is 24.0 Å². The largest absolute Gasteiger partial charge is 0.283 e. The Balaban J connectivity index is 2.31. The van der Waals surface area contributed by atoms with Crippen LogP contribution in [0.4, 0.5) is 0 Å². The summed E-state index contributed by atoms with van der Waals surface area (Å²) in [4.78, 5) is 4.45. The summed E-state index contributed by atoms with van der Waals surface area (Å²) in [6.45, 7) is 2.07. The van der Waals surface area contributed by atoms with E-state index in [0.717, 1.165) is 16.9 Å². The van der Waals surface area contributed by atoms with E-state index in [1.807, 2.05) is 40.9 Å². The van der Waals surface area contributed by atoms with Crippen LogP contribution in [0.5, 0.6) is 0 Å². The third kappa shape index (κ3) is 1.71. The highest BCUT2D eigenvalue weighted by Crippen LogP contribution is 2.24. The van der Waals surface area contributed by atoms with Gasteiger partial charge in [-0.25, -0.2) is 4.98 Å². The smallest absolute Gasteiger partial charge is 0.145 e. The molecule has 0 aliphatic carbocycles. The number of benzene rings is 1. The summed E-state index contributed by atoms with van der Waals surface area (Å²) in [7, 11) is 0. The van der Waals surface area contributed by atoms with Crippen molar-refractivity contribution in [2.24, 2.45) is 0 Å². The van der Waals surface area contributed by atoms with Crippen molar-refractivity contribution in [3.63, 3.8) is 0 Å². The van der Waals surface area contributed by atoms with Crippen LogP contribution in [0.25, 0.3) is 16.9 Å². The average Bonchev–Trinajstić information content (AvgIpc) is 2.74. The van der Waals surface area contributed by atoms with Gasteiger partial charge in [-0.15, -0.1) is 0 Å². The molecule has 84 valence electrons. The highest BCUT2D eigenvalue weighted by Gasteiger charge is 2.08. The Labute approximate surface area is 104 Å². The van der Waals surface area contributed by atoms with Gasteiger partial charge >= 0.3 is 0 Å². The van der Waals surface area contributed by atoms with Gasteiger partial charge in [0.05, 0.1) is 11.7 Å². The second-order valence-electron chi connectivity index (χ2n) is 4.06. The number of aromatic nitrogens is 2. The molecule has 0 saturated heterocycles. The summed E-state index contributed by atoms with van der Waals surface area (Å²) in [5.41, 5.74) is 3.30. The monoisotopic (exact) mass is 242 g/mol. The van der Waals surface area contributed by atoms with E-state index in [-0.39, 0.29) is 0 Å². The van der Waals surface area contributed by atoms with E-state index in [9.17, 15) is 0 Å². The van der Waals surface area contributed by atoms with Crippen molar-refractivity contribution in [1.29, 1.82) is 0 Å². The number of imidazole rings is 1. The van der Waals surface area contributed by atoms with E-state index < -0.39 is 0 Å². The molecule has 0 unspecified atom stereocenters. The van der Waals surface area contributed by atoms with E-state index in [1.165, 1.54) is 5.56 Å². The number of hydrogen-bond acceptors (Lipinski definition) is 1. The highest BCUT2D eigenvalue weighted by molar-refractivity contribution is 6.30. The second kappa shape index (κ2) is 3.90. The number of halogens is 1. The lowest BCUT2D eigenvalue weighted by molar-refractivity contribution is 1.16. The van der Waals surface area contributed by atoms with E-state index in [1.54, 1.807) is 0 Å². The molecule has 0 bridgehead atoms. The number of aryl methyl sites for hydroxylation is 1. The Morgan fingerprint density at radius 3 is 2.76 bits per heavy atom. The molecule has 2 nitrogen and oxygen atoms in total. The molecule has 0 aliphatic heterocycles. The number of pyridine rings is 1. The first-order valence-electron chi connectivity index (χ1n) is 5.45. The molecular weight excluding hydrogens is 232 g/mol. The van der Waals surface area contributed by atoms with Crippen molar-refractivity contribution in [2.45, 2.75) is 6.92 Å². The van der Waals surface area contributed by atoms with Gasteiger partial charge in [0.25, 0.3) is 0 Å². The topological polar surface area (TPSA) is 17.3 Å². The summed E-state index contributed by atoms with van der Waals surface area (Å²) >= 11 is 6.22. The maximum atomic E-state index is 6.22. The number of hydrogen-bond donors (Lipinski definition) is 0. The lowest BCUT2D eigenvalue weighted by atomic mass is 10.1. The Kier molecular flexibility index (Phi) is 2.37. The molecule has 2 aromatic heterocycles. The van der Waals surface area contributed by atoms with Gasteiger partial charge in [0, 0.05) is 5.56 Å². The van der Waals surface area contributed by atoms with Gasteiger partial charge in [-0.2, -0.15) is 0 Å². The first-order valence-corrected chi connectivity index (χ1v) is 5.82. The fourth-order valence-electron chi connectivity index (χ4n) is 2.00. The Morgan fingerprint density at radius 1 is 1.12 bits per heavy atom. The first-order chi connectivity index (χ1) is 8.25. The minimum atomic E-state index is 0.677. The van der Waals surface area contributed by atoms with Crippen LogP contribution in [-0.4, -0.2) is 9.38 Å². The van der Waals surface area contributed by atoms with Crippen LogP contribution in [0, 0.1) is 6.92 Å². The van der Waals surface area contributed by atoms with Crippen molar-refractivity contribution in [3.05, 3.63) is 59.4 Å². The zero-order valence-corrected chi connectivity index (χ0v) is 10.1. The SMILES string of the molecule is Cc1cccc(-c2ncc3cccc(Cl)n23)c1. The molecule has 1 aromatic carbocycles. The standard InChI is InChI=1S/C14H11ClN2/c1-10-4-2-5-11(8-10)14-16-9-12-6-3-7-13(15)17(12)14/h2-9H,1H3. The van der Waals surface area contributed by atoms with Crippen molar-refractivity contribution in [1.82, 2.24) is 9.38 Å². The summed E-state index contributed by atoms with van der Waals surface area (Å²) in [6, 6.07) is 14.1. The predicted octanol–water partition coefficient (Wildman–Crippen LogP) is 3.96. The van der Waals surface area contributed by atoms with Gasteiger partial charge in [0.1, 0.15) is 11.0 Å². The fourth-order valence-corrected chi connectivity index (χ4v) is 2.25. The molecule has 0 saturated carbocycles. The van der Waals surface area contributed by atoms with E-state index in [0.29, 0.717) is 5.15 Å². The summed E-state index contributed by atoms with van der Waals surface area (Å²) in [5, 5.41) is 0.677. The molecule has 0 amide bonds. The van der Waals surface area contributed by atoms with Crippen LogP contribution < -0.4 is 0 Å². The summed E-state index contributed by atoms with van der Waals surface area (Å²) < 4.78 is 1.95. The highest BCUT2D eigenvalue weighted by atomic mass is 35.5. The van der Waals surface area contributed by atoms with E-state index in [4.69, 9.17) is 11.6 Å². The third-order valence-electron chi connectivity index (χ3n) is 2.78. The maximum Gasteiger partial charge on any atom is 0.145 e. The van der Waals surface area contributed by atoms with Gasteiger partial charge < -0.3 is 0 Å². The van der Waals surface area contributed by atoms with Crippen molar-refractivity contribution < 1.29 is 0 Å². The Morgan fingerprint density at radius 2 is 1.94 bits per heavy atom. The zero-order valence-electron chi connectivity index (χ0n) is 9.39. The quantitative estimate of drug-likeness (QED) is 0.591. The van der Waals surface area contributed by atoms with Crippen molar-refractivity contribution in [3.8, 4) is 11.4 Å². The molecule has 2 heterocycles. The molecule has 3 rings (SSSR count). The van der Waals surface area contributed by atoms with Gasteiger partial charge in [-0.1, -0.05) is 41.4 Å². The number of fused-ring (bicyclic) bond motifs is 1. The molecule has 0 atom stereocenters. The summed E-state index contributed by atoms with van der Waals surface area (Å²) in [6.07, 6.45) is 1.84. The molecule has 17 heavy (non-hydrogen) atoms. The summed E-state index contributed by atoms with van der Waals surface area (Å²) in [5.74, 6) is 0.884. The number of rotatable bonds is 1. The van der Waals surface area contributed by atoms with Gasteiger partial charge in [-0.05, 0) is 25.1 Å². The normalized spacial score (nSPS) is 10.9. The van der Waals surface area contributed by atoms with E-state index >= 15 is 0 Å². The van der Waals surface area contributed by atoms with Crippen LogP contribution in [-0.2, 0) is 0 Å². The minimum Gasteiger partial charge on any atom is -0.283 e. The molecule has 0 spiro atoms. The van der Waals surface area contributed by atoms with Crippen molar-refractivity contribution in [2.75, 3.05) is 0 Å². The average molecular weight is 243 g/mol. The van der Waals surface area contributed by atoms with Crippen LogP contribution in [0.2, 0.25) is 5.15 Å². The second-order valence-corrected chi connectivity index (χ2v) is 4.45. The third-order valence-corrected chi connectivity index (χ3v) is 3.07. The molecule has 3 aromatic rings. The van der Waals surface area contributed by atoms with Crippen molar-refractivity contribution >= 4 is 17.1 Å². The van der Waals surface area contributed by atoms with Crippen LogP contribution in [0.3, 0.4) is 0 Å². The predicted molar refractivity (Wildman–Crippen MR) is 70.4 cm³/mol. The minimum absolute atomic E-state index is 0.677. The fraction of sp³-hybridized carbons (Fsp3) is 0.0714. The van der Waals surface area contributed by atoms with Crippen LogP contribution >= 0.6 is 11.6 Å². The maximum absolute atomic E-state index is 6.22. The molecular formula is C14H11ClN2. The lowest BCUT2D eigenvalue weighted by Gasteiger charge is -2.04. The first kappa shape index (κ1) is 10.4.